The van der Waals surface area contributed by atoms with E-state index in [4.69, 9.17) is 15.2 Å². The summed E-state index contributed by atoms with van der Waals surface area (Å²) in [4.78, 5) is 42.8. The Morgan fingerprint density at radius 1 is 1.12 bits per heavy atom. The van der Waals surface area contributed by atoms with Gasteiger partial charge in [0, 0.05) is 36.5 Å². The van der Waals surface area contributed by atoms with Crippen LogP contribution in [0, 0.1) is 0 Å². The number of amides is 1. The van der Waals surface area contributed by atoms with Crippen molar-refractivity contribution in [3.8, 4) is 0 Å². The number of fused-ring (bicyclic) bond motifs is 1. The highest BCUT2D eigenvalue weighted by Gasteiger charge is 2.25. The zero-order valence-electron chi connectivity index (χ0n) is 19.9. The molecule has 0 bridgehead atoms. The molecule has 3 rings (SSSR count). The van der Waals surface area contributed by atoms with Crippen molar-refractivity contribution in [1.29, 1.82) is 0 Å². The highest BCUT2D eigenvalue weighted by molar-refractivity contribution is 5.87. The van der Waals surface area contributed by atoms with Crippen LogP contribution in [0.3, 0.4) is 0 Å². The van der Waals surface area contributed by atoms with Crippen LogP contribution in [0.2, 0.25) is 0 Å². The fourth-order valence-electron chi connectivity index (χ4n) is 4.19. The molecule has 4 N–H and O–H groups in total. The Kier molecular flexibility index (Phi) is 9.90. The Morgan fingerprint density at radius 2 is 1.88 bits per heavy atom. The Morgan fingerprint density at radius 3 is 2.65 bits per heavy atom. The molecule has 0 aliphatic carbocycles. The lowest BCUT2D eigenvalue weighted by molar-refractivity contribution is -0.148. The zero-order chi connectivity index (χ0) is 24.3. The van der Waals surface area contributed by atoms with E-state index >= 15 is 0 Å². The molecule has 1 amide bonds. The number of hydrogen-bond donors (Lipinski definition) is 3. The SMILES string of the molecule is CCOC(=O)[C@H](N)CCC(=O)N[C@H](Cc1c[nH]c2ccccc12)C(=O)OCCN1CCCCC1. The molecule has 2 atom stereocenters. The minimum absolute atomic E-state index is 0.00538. The lowest BCUT2D eigenvalue weighted by Crippen LogP contribution is -2.44. The molecule has 34 heavy (non-hydrogen) atoms. The van der Waals surface area contributed by atoms with Crippen molar-refractivity contribution in [1.82, 2.24) is 15.2 Å². The van der Waals surface area contributed by atoms with Crippen LogP contribution in [-0.2, 0) is 30.3 Å². The topological polar surface area (TPSA) is 127 Å². The van der Waals surface area contributed by atoms with Crippen LogP contribution in [0.25, 0.3) is 10.9 Å². The number of H-pyrrole nitrogens is 1. The first kappa shape index (κ1) is 25.7. The zero-order valence-corrected chi connectivity index (χ0v) is 19.9. The quantitative estimate of drug-likeness (QED) is 0.403. The summed E-state index contributed by atoms with van der Waals surface area (Å²) in [6.45, 7) is 4.94. The third-order valence-electron chi connectivity index (χ3n) is 6.09. The van der Waals surface area contributed by atoms with E-state index in [1.165, 1.54) is 19.3 Å². The number of hydrogen-bond acceptors (Lipinski definition) is 7. The van der Waals surface area contributed by atoms with Gasteiger partial charge in [0.1, 0.15) is 18.7 Å². The summed E-state index contributed by atoms with van der Waals surface area (Å²) in [7, 11) is 0. The molecule has 1 aliphatic rings. The van der Waals surface area contributed by atoms with E-state index in [0.29, 0.717) is 13.0 Å². The Bertz CT molecular complexity index is 954. The predicted octanol–water partition coefficient (Wildman–Crippen LogP) is 1.89. The number of carbonyl (C=O) groups is 3. The number of nitrogens with zero attached hydrogens (tertiary/aromatic N) is 1. The lowest BCUT2D eigenvalue weighted by Gasteiger charge is -2.26. The summed E-state index contributed by atoms with van der Waals surface area (Å²) >= 11 is 0. The largest absolute Gasteiger partial charge is 0.465 e. The van der Waals surface area contributed by atoms with Gasteiger partial charge in [0.15, 0.2) is 0 Å². The maximum absolute atomic E-state index is 12.9. The number of esters is 2. The van der Waals surface area contributed by atoms with Crippen molar-refractivity contribution in [3.63, 3.8) is 0 Å². The third-order valence-corrected chi connectivity index (χ3v) is 6.09. The van der Waals surface area contributed by atoms with Crippen molar-refractivity contribution in [2.75, 3.05) is 32.8 Å². The number of likely N-dealkylation sites (tertiary alicyclic amines) is 1. The van der Waals surface area contributed by atoms with E-state index < -0.39 is 24.0 Å². The van der Waals surface area contributed by atoms with E-state index in [2.05, 4.69) is 15.2 Å². The number of carbonyl (C=O) groups excluding carboxylic acids is 3. The number of piperidine rings is 1. The molecule has 1 aromatic heterocycles. The van der Waals surface area contributed by atoms with Crippen LogP contribution in [0.15, 0.2) is 30.5 Å². The maximum atomic E-state index is 12.9. The highest BCUT2D eigenvalue weighted by Crippen LogP contribution is 2.19. The standard InChI is InChI=1S/C25H36N4O5/c1-2-33-24(31)20(26)10-11-23(30)28-22(16-18-17-27-21-9-5-4-8-19(18)21)25(32)34-15-14-29-12-6-3-7-13-29/h4-5,8-9,17,20,22,27H,2-3,6-7,10-16,26H2,1H3,(H,28,30)/t20-,22-/m1/s1. The number of ether oxygens (including phenoxy) is 2. The number of aromatic amines is 1. The normalized spacial score (nSPS) is 16.1. The lowest BCUT2D eigenvalue weighted by atomic mass is 10.0. The first-order chi connectivity index (χ1) is 16.5. The molecule has 0 unspecified atom stereocenters. The van der Waals surface area contributed by atoms with Crippen molar-refractivity contribution in [2.45, 2.75) is 57.5 Å². The van der Waals surface area contributed by atoms with E-state index in [1.54, 1.807) is 6.92 Å². The van der Waals surface area contributed by atoms with Crippen molar-refractivity contribution < 1.29 is 23.9 Å². The molecule has 186 valence electrons. The number of aromatic nitrogens is 1. The summed E-state index contributed by atoms with van der Waals surface area (Å²) in [6, 6.07) is 6.08. The molecule has 9 heteroatoms. The molecule has 1 saturated heterocycles. The van der Waals surface area contributed by atoms with E-state index in [9.17, 15) is 14.4 Å². The van der Waals surface area contributed by atoms with Gasteiger partial charge in [-0.25, -0.2) is 4.79 Å². The number of nitrogens with one attached hydrogen (secondary N) is 2. The fraction of sp³-hybridized carbons (Fsp3) is 0.560. The summed E-state index contributed by atoms with van der Waals surface area (Å²) < 4.78 is 10.4. The number of nitrogens with two attached hydrogens (primary N) is 1. The fourth-order valence-corrected chi connectivity index (χ4v) is 4.19. The van der Waals surface area contributed by atoms with E-state index in [1.807, 2.05) is 30.5 Å². The number of rotatable bonds is 12. The molecule has 2 heterocycles. The van der Waals surface area contributed by atoms with Crippen LogP contribution in [0.5, 0.6) is 0 Å². The second kappa shape index (κ2) is 13.1. The minimum atomic E-state index is -0.880. The van der Waals surface area contributed by atoms with Gasteiger partial charge in [-0.1, -0.05) is 24.6 Å². The molecule has 0 saturated carbocycles. The van der Waals surface area contributed by atoms with Crippen LogP contribution in [0.4, 0.5) is 0 Å². The smallest absolute Gasteiger partial charge is 0.329 e. The van der Waals surface area contributed by atoms with Gasteiger partial charge in [-0.15, -0.1) is 0 Å². The van der Waals surface area contributed by atoms with Crippen LogP contribution >= 0.6 is 0 Å². The molecule has 1 aromatic carbocycles. The average molecular weight is 473 g/mol. The summed E-state index contributed by atoms with van der Waals surface area (Å²) in [5.74, 6) is -1.37. The van der Waals surface area contributed by atoms with Crippen LogP contribution in [-0.4, -0.2) is 72.7 Å². The van der Waals surface area contributed by atoms with Crippen molar-refractivity contribution in [3.05, 3.63) is 36.0 Å². The molecule has 2 aromatic rings. The molecule has 9 nitrogen and oxygen atoms in total. The molecule has 0 radical (unpaired) electrons. The van der Waals surface area contributed by atoms with Gasteiger partial charge in [0.25, 0.3) is 0 Å². The summed E-state index contributed by atoms with van der Waals surface area (Å²) in [5.41, 5.74) is 7.67. The van der Waals surface area contributed by atoms with Gasteiger partial charge < -0.3 is 25.5 Å². The summed E-state index contributed by atoms with van der Waals surface area (Å²) in [6.07, 6.45) is 5.86. The van der Waals surface area contributed by atoms with Gasteiger partial charge >= 0.3 is 11.9 Å². The monoisotopic (exact) mass is 472 g/mol. The van der Waals surface area contributed by atoms with Gasteiger partial charge in [-0.2, -0.15) is 0 Å². The van der Waals surface area contributed by atoms with E-state index in [-0.39, 0.29) is 32.0 Å². The molecule has 1 fully saturated rings. The van der Waals surface area contributed by atoms with Gasteiger partial charge in [-0.3, -0.25) is 14.5 Å². The van der Waals surface area contributed by atoms with E-state index in [0.717, 1.165) is 29.6 Å². The number of benzene rings is 1. The third kappa shape index (κ3) is 7.56. The highest BCUT2D eigenvalue weighted by atomic mass is 16.5. The average Bonchev–Trinajstić information content (AvgIpc) is 3.25. The van der Waals surface area contributed by atoms with Gasteiger partial charge in [0.2, 0.25) is 5.91 Å². The van der Waals surface area contributed by atoms with Gasteiger partial charge in [0.05, 0.1) is 6.61 Å². The first-order valence-corrected chi connectivity index (χ1v) is 12.1. The molecular formula is C25H36N4O5. The van der Waals surface area contributed by atoms with Crippen LogP contribution in [0.1, 0.15) is 44.6 Å². The minimum Gasteiger partial charge on any atom is -0.465 e. The first-order valence-electron chi connectivity index (χ1n) is 12.1. The Labute approximate surface area is 200 Å². The number of para-hydroxylation sites is 1. The Balaban J connectivity index is 1.60. The predicted molar refractivity (Wildman–Crippen MR) is 129 cm³/mol. The molecule has 0 spiro atoms. The van der Waals surface area contributed by atoms with Crippen molar-refractivity contribution >= 4 is 28.7 Å². The second-order valence-electron chi connectivity index (χ2n) is 8.65. The van der Waals surface area contributed by atoms with Crippen molar-refractivity contribution in [2.24, 2.45) is 5.73 Å². The Hall–Kier alpha value is -2.91. The summed E-state index contributed by atoms with van der Waals surface area (Å²) in [5, 5.41) is 3.78. The second-order valence-corrected chi connectivity index (χ2v) is 8.65. The molecular weight excluding hydrogens is 436 g/mol. The maximum Gasteiger partial charge on any atom is 0.329 e. The molecule has 1 aliphatic heterocycles. The van der Waals surface area contributed by atoms with Crippen LogP contribution < -0.4 is 11.1 Å². The van der Waals surface area contributed by atoms with Gasteiger partial charge in [-0.05, 0) is 50.9 Å².